The number of methoxy groups -OCH3 is 1. The summed E-state index contributed by atoms with van der Waals surface area (Å²) in [5.41, 5.74) is 6.92. The number of likely N-dealkylation sites (N-methyl/N-ethyl adjacent to an activating group) is 1. The van der Waals surface area contributed by atoms with Crippen LogP contribution in [0.1, 0.15) is 76.3 Å². The van der Waals surface area contributed by atoms with E-state index in [4.69, 9.17) is 14.2 Å². The molecule has 7 heterocycles. The number of ether oxygens (including phenoxy) is 3. The van der Waals surface area contributed by atoms with Crippen molar-refractivity contribution in [3.8, 4) is 34.3 Å². The fourth-order valence-corrected chi connectivity index (χ4v) is 8.92. The first-order chi connectivity index (χ1) is 38.9. The van der Waals surface area contributed by atoms with Crippen LogP contribution in [0.4, 0.5) is 0 Å². The Hall–Kier alpha value is -8.29. The number of imidazole rings is 2. The summed E-state index contributed by atoms with van der Waals surface area (Å²) < 4.78 is 22.5. The summed E-state index contributed by atoms with van der Waals surface area (Å²) in [5, 5.41) is 6.95. The number of pyridine rings is 1. The number of nitrogens with one attached hydrogen (secondary N) is 5. The lowest BCUT2D eigenvalue weighted by atomic mass is 9.87. The Morgan fingerprint density at radius 3 is 2.17 bits per heavy atom. The monoisotopic (exact) mass is 1220 g/mol. The number of hydrogen-bond donors (Lipinski definition) is 5. The first kappa shape index (κ1) is 60.4. The van der Waals surface area contributed by atoms with E-state index in [1.54, 1.807) is 24.4 Å². The number of benzene rings is 3. The number of halogens is 1. The molecular weight excluding hydrogens is 1150 g/mol. The minimum Gasteiger partial charge on any atom is -0.493 e. The van der Waals surface area contributed by atoms with Gasteiger partial charge in [-0.05, 0) is 92.1 Å². The molecule has 1 unspecified atom stereocenters. The van der Waals surface area contributed by atoms with Gasteiger partial charge in [-0.15, -0.1) is 0 Å². The molecule has 1 saturated heterocycles. The highest BCUT2D eigenvalue weighted by molar-refractivity contribution is 14.1. The van der Waals surface area contributed by atoms with Crippen molar-refractivity contribution in [2.24, 2.45) is 18.1 Å². The van der Waals surface area contributed by atoms with Crippen LogP contribution in [0.5, 0.6) is 17.2 Å². The van der Waals surface area contributed by atoms with E-state index >= 15 is 0 Å². The Morgan fingerprint density at radius 2 is 1.52 bits per heavy atom. The highest BCUT2D eigenvalue weighted by atomic mass is 127. The molecule has 1 atom stereocenters. The van der Waals surface area contributed by atoms with Crippen LogP contribution in [0.25, 0.3) is 39.4 Å². The number of rotatable bonds is 12. The largest absolute Gasteiger partial charge is 0.493 e. The molecule has 0 radical (unpaired) electrons. The van der Waals surface area contributed by atoms with Gasteiger partial charge in [0.05, 0.1) is 44.6 Å². The predicted molar refractivity (Wildman–Crippen MR) is 323 cm³/mol. The number of carbonyl (C=O) groups excluding carboxylic acids is 2. The summed E-state index contributed by atoms with van der Waals surface area (Å²) in [4.78, 5) is 91.8. The van der Waals surface area contributed by atoms with Gasteiger partial charge in [-0.3, -0.25) is 33.1 Å². The zero-order valence-corrected chi connectivity index (χ0v) is 49.0. The molecule has 5 aromatic heterocycles. The van der Waals surface area contributed by atoms with E-state index in [-0.39, 0.29) is 40.0 Å². The standard InChI is InChI=1S/C16H21NO3.C15H14N4O2.C14H14N4O2.C10H14N4O2.C2H6BI/c1-19-14-7-6-11(12-9-16(18)17-10-12)8-15(14)20-13-4-2-3-5-13;1-18-10-14(21)16-17-15(18)11-2-4-12(5-3-11)19-8-6-13(20)7-9-19;1-2-7-20-10-6-4-3-5-9(10)12-17-13-11(14(19)18-12)15-8-16-13;1-6(2)4-14-8-7(11-5-12-8)9(15)13(3)10(14)16;1-3(2)4/h6-8,12-13H,2-5,9-10H2,1H3,(H,17,18);2-9H,10H2,1H3,(H,16,21);3-6,8H,2,7H2,1H3,(H2,15,16,17,18,19);5-6H,4H2,1-3H3,(H,11,12);1-2H3. The number of aromatic amines is 3. The van der Waals surface area contributed by atoms with Crippen LogP contribution in [0, 0.1) is 5.92 Å². The van der Waals surface area contributed by atoms with Gasteiger partial charge in [-0.1, -0.05) is 52.6 Å². The number of hydrogen-bond acceptors (Lipinski definition) is 14. The smallest absolute Gasteiger partial charge is 0.332 e. The second-order valence-corrected chi connectivity index (χ2v) is 22.6. The summed E-state index contributed by atoms with van der Waals surface area (Å²) >= 11 is 2.34. The van der Waals surface area contributed by atoms with Crippen molar-refractivity contribution in [3.63, 3.8) is 0 Å². The molecule has 22 nitrogen and oxygen atoms in total. The van der Waals surface area contributed by atoms with Crippen molar-refractivity contribution in [3.05, 3.63) is 156 Å². The SMILES string of the molecule is CB(C)I.CC(C)Cn1c(=O)n(C)c(=O)c2[nH]cnc21.CCCOc1ccccc1-c1nc2nc[nH]c2c(=O)[nH]1.CN1CC(=O)NN=C1c1ccc(-n2ccc(=O)cc2)cc1.COc1ccc(C2CNC(=O)C2)cc1OC1CCCC1. The number of fused-ring (bicyclic) bond motifs is 2. The molecular formula is C57H69BIN13O9. The highest BCUT2D eigenvalue weighted by Gasteiger charge is 2.26. The van der Waals surface area contributed by atoms with Gasteiger partial charge in [0.25, 0.3) is 17.0 Å². The molecule has 3 aliphatic rings. The fraction of sp³-hybridized carbons (Fsp3) is 0.368. The number of aromatic nitrogens is 9. The van der Waals surface area contributed by atoms with Crippen LogP contribution in [0.2, 0.25) is 13.6 Å². The molecule has 8 aromatic rings. The second kappa shape index (κ2) is 28.7. The third-order valence-electron chi connectivity index (χ3n) is 12.8. The van der Waals surface area contributed by atoms with Crippen LogP contribution >= 0.6 is 22.4 Å². The summed E-state index contributed by atoms with van der Waals surface area (Å²) in [6, 6.07) is 24.3. The molecule has 2 fully saturated rings. The average Bonchev–Trinajstić information content (AvgIpc) is 4.42. The third kappa shape index (κ3) is 16.2. The van der Waals surface area contributed by atoms with E-state index in [1.165, 1.54) is 49.2 Å². The van der Waals surface area contributed by atoms with E-state index in [1.807, 2.05) is 99.1 Å². The summed E-state index contributed by atoms with van der Waals surface area (Å²) in [6.45, 7) is 12.5. The minimum absolute atomic E-state index is 0.0169. The summed E-state index contributed by atoms with van der Waals surface area (Å²) in [5.74, 6) is 4.05. The van der Waals surface area contributed by atoms with E-state index in [0.29, 0.717) is 78.6 Å². The fourth-order valence-electron chi connectivity index (χ4n) is 8.92. The van der Waals surface area contributed by atoms with Gasteiger partial charge >= 0.3 is 5.69 Å². The molecule has 426 valence electrons. The molecule has 0 spiro atoms. The number of H-pyrrole nitrogens is 3. The van der Waals surface area contributed by atoms with Crippen molar-refractivity contribution in [2.45, 2.75) is 91.5 Å². The van der Waals surface area contributed by atoms with E-state index < -0.39 is 0 Å². The van der Waals surface area contributed by atoms with Gasteiger partial charge in [0.1, 0.15) is 17.1 Å². The Morgan fingerprint density at radius 1 is 0.827 bits per heavy atom. The number of amides is 2. The topological polar surface area (TPSA) is 271 Å². The molecule has 2 aliphatic heterocycles. The van der Waals surface area contributed by atoms with Crippen molar-refractivity contribution in [1.82, 2.24) is 59.2 Å². The van der Waals surface area contributed by atoms with Gasteiger partial charge in [-0.25, -0.2) is 25.2 Å². The Bertz CT molecular complexity index is 3670. The quantitative estimate of drug-likeness (QED) is 0.0608. The molecule has 3 aromatic carbocycles. The highest BCUT2D eigenvalue weighted by Crippen LogP contribution is 2.36. The van der Waals surface area contributed by atoms with Gasteiger partial charge in [0.15, 0.2) is 39.6 Å². The van der Waals surface area contributed by atoms with Gasteiger partial charge < -0.3 is 43.9 Å². The number of hydrazone groups is 1. The molecule has 1 saturated carbocycles. The van der Waals surface area contributed by atoms with Crippen molar-refractivity contribution < 1.29 is 23.8 Å². The molecule has 0 bridgehead atoms. The lowest BCUT2D eigenvalue weighted by Gasteiger charge is -2.24. The van der Waals surface area contributed by atoms with E-state index in [0.717, 1.165) is 68.1 Å². The molecule has 11 rings (SSSR count). The first-order valence-electron chi connectivity index (χ1n) is 26.8. The average molecular weight is 1220 g/mol. The number of carbonyl (C=O) groups is 2. The number of amidine groups is 1. The number of nitrogens with zero attached hydrogens (tertiary/aromatic N) is 8. The Labute approximate surface area is 481 Å². The van der Waals surface area contributed by atoms with Crippen LogP contribution < -0.4 is 47.2 Å². The number of para-hydroxylation sites is 1. The second-order valence-electron chi connectivity index (χ2n) is 20.1. The zero-order chi connectivity index (χ0) is 58.2. The lowest BCUT2D eigenvalue weighted by molar-refractivity contribution is -0.122. The third-order valence-corrected chi connectivity index (χ3v) is 12.8. The maximum atomic E-state index is 12.0. The maximum absolute atomic E-state index is 12.0. The van der Waals surface area contributed by atoms with E-state index in [9.17, 15) is 28.8 Å². The molecule has 81 heavy (non-hydrogen) atoms. The van der Waals surface area contributed by atoms with Crippen molar-refractivity contribution in [1.29, 1.82) is 0 Å². The van der Waals surface area contributed by atoms with Crippen LogP contribution in [0.3, 0.4) is 0 Å². The van der Waals surface area contributed by atoms with Crippen LogP contribution in [-0.4, -0.2) is 111 Å². The van der Waals surface area contributed by atoms with Crippen LogP contribution in [-0.2, 0) is 23.2 Å². The van der Waals surface area contributed by atoms with E-state index in [2.05, 4.69) is 81.8 Å². The predicted octanol–water partition coefficient (Wildman–Crippen LogP) is 7.03. The molecule has 1 aliphatic carbocycles. The van der Waals surface area contributed by atoms with Gasteiger partial charge in [0, 0.05) is 75.3 Å². The Kier molecular flexibility index (Phi) is 21.4. The van der Waals surface area contributed by atoms with Gasteiger partial charge in [0.2, 0.25) is 10.5 Å². The normalized spacial score (nSPS) is 14.7. The van der Waals surface area contributed by atoms with Crippen molar-refractivity contribution >= 4 is 66.9 Å². The molecule has 2 amide bonds. The summed E-state index contributed by atoms with van der Waals surface area (Å²) in [6.07, 6.45) is 12.9. The minimum atomic E-state index is -0.336. The van der Waals surface area contributed by atoms with Gasteiger partial charge in [-0.2, -0.15) is 27.5 Å². The van der Waals surface area contributed by atoms with Crippen molar-refractivity contribution in [2.75, 3.05) is 33.9 Å². The Balaban J connectivity index is 0.000000153. The summed E-state index contributed by atoms with van der Waals surface area (Å²) in [7, 11) is 4.96. The lowest BCUT2D eigenvalue weighted by Crippen LogP contribution is -2.43. The van der Waals surface area contributed by atoms with Crippen LogP contribution in [0.15, 0.2) is 128 Å². The first-order valence-corrected chi connectivity index (χ1v) is 28.1. The zero-order valence-electron chi connectivity index (χ0n) is 46.8. The maximum Gasteiger partial charge on any atom is 0.332 e. The molecule has 24 heteroatoms. The molecule has 5 N–H and O–H groups in total.